The van der Waals surface area contributed by atoms with Crippen molar-refractivity contribution in [3.05, 3.63) is 30.0 Å². The Balaban J connectivity index is 2.06. The molecule has 0 fully saturated rings. The summed E-state index contributed by atoms with van der Waals surface area (Å²) in [7, 11) is 1.93. The maximum absolute atomic E-state index is 10.7. The van der Waals surface area contributed by atoms with Gasteiger partial charge in [0.2, 0.25) is 0 Å². The van der Waals surface area contributed by atoms with Crippen molar-refractivity contribution in [3.8, 4) is 0 Å². The molecule has 0 saturated carbocycles. The third-order valence-corrected chi connectivity index (χ3v) is 4.08. The zero-order valence-electron chi connectivity index (χ0n) is 10.5. The molecule has 96 valence electrons. The SMILES string of the molecule is CC(CSCc1nn(C)c2ccccc12)C(=O)O. The third-order valence-electron chi connectivity index (χ3n) is 2.86. The molecule has 0 aliphatic heterocycles. The van der Waals surface area contributed by atoms with Crippen molar-refractivity contribution in [2.75, 3.05) is 5.75 Å². The molecule has 0 aliphatic carbocycles. The van der Waals surface area contributed by atoms with Gasteiger partial charge in [0.25, 0.3) is 0 Å². The zero-order chi connectivity index (χ0) is 13.1. The van der Waals surface area contributed by atoms with Gasteiger partial charge in [0.15, 0.2) is 0 Å². The van der Waals surface area contributed by atoms with E-state index in [1.165, 1.54) is 0 Å². The molecule has 2 aromatic rings. The van der Waals surface area contributed by atoms with E-state index >= 15 is 0 Å². The number of carbonyl (C=O) groups is 1. The number of benzene rings is 1. The third kappa shape index (κ3) is 2.67. The van der Waals surface area contributed by atoms with Crippen molar-refractivity contribution in [1.82, 2.24) is 9.78 Å². The van der Waals surface area contributed by atoms with Crippen LogP contribution in [0.3, 0.4) is 0 Å². The van der Waals surface area contributed by atoms with Crippen LogP contribution in [0.5, 0.6) is 0 Å². The Kier molecular flexibility index (Phi) is 3.91. The summed E-state index contributed by atoms with van der Waals surface area (Å²) in [5, 5.41) is 14.5. The van der Waals surface area contributed by atoms with E-state index < -0.39 is 5.97 Å². The van der Waals surface area contributed by atoms with E-state index in [0.29, 0.717) is 5.75 Å². The molecule has 1 unspecified atom stereocenters. The predicted molar refractivity (Wildman–Crippen MR) is 73.7 cm³/mol. The van der Waals surface area contributed by atoms with Crippen molar-refractivity contribution in [3.63, 3.8) is 0 Å². The molecule has 1 atom stereocenters. The highest BCUT2D eigenvalue weighted by Gasteiger charge is 2.12. The van der Waals surface area contributed by atoms with Gasteiger partial charge < -0.3 is 5.11 Å². The summed E-state index contributed by atoms with van der Waals surface area (Å²) in [6.45, 7) is 1.73. The van der Waals surface area contributed by atoms with Gasteiger partial charge in [-0.3, -0.25) is 9.48 Å². The summed E-state index contributed by atoms with van der Waals surface area (Å²) in [5.74, 6) is 0.303. The molecule has 4 nitrogen and oxygen atoms in total. The number of carboxylic acid groups (broad SMARTS) is 1. The Labute approximate surface area is 110 Å². The molecule has 1 aromatic carbocycles. The van der Waals surface area contributed by atoms with E-state index in [1.807, 2.05) is 29.9 Å². The minimum absolute atomic E-state index is 0.315. The summed E-state index contributed by atoms with van der Waals surface area (Å²) in [4.78, 5) is 10.7. The molecule has 2 rings (SSSR count). The second-order valence-electron chi connectivity index (χ2n) is 4.34. The Morgan fingerprint density at radius 2 is 2.22 bits per heavy atom. The van der Waals surface area contributed by atoms with E-state index in [-0.39, 0.29) is 5.92 Å². The van der Waals surface area contributed by atoms with E-state index in [0.717, 1.165) is 22.3 Å². The maximum Gasteiger partial charge on any atom is 0.307 e. The second kappa shape index (κ2) is 5.44. The molecular weight excluding hydrogens is 248 g/mol. The van der Waals surface area contributed by atoms with Gasteiger partial charge >= 0.3 is 5.97 Å². The highest BCUT2D eigenvalue weighted by molar-refractivity contribution is 7.98. The maximum atomic E-state index is 10.7. The lowest BCUT2D eigenvalue weighted by Gasteiger charge is -2.04. The van der Waals surface area contributed by atoms with Crippen LogP contribution in [0.2, 0.25) is 0 Å². The quantitative estimate of drug-likeness (QED) is 0.901. The average molecular weight is 264 g/mol. The van der Waals surface area contributed by atoms with Crippen LogP contribution in [-0.2, 0) is 17.6 Å². The van der Waals surface area contributed by atoms with E-state index in [1.54, 1.807) is 18.7 Å². The van der Waals surface area contributed by atoms with Crippen molar-refractivity contribution in [1.29, 1.82) is 0 Å². The number of fused-ring (bicyclic) bond motifs is 1. The Bertz CT molecular complexity index is 565. The number of hydrogen-bond acceptors (Lipinski definition) is 3. The molecule has 1 heterocycles. The number of rotatable bonds is 5. The molecular formula is C13H16N2O2S. The van der Waals surface area contributed by atoms with Crippen LogP contribution >= 0.6 is 11.8 Å². The van der Waals surface area contributed by atoms with Gasteiger partial charge in [0.05, 0.1) is 17.1 Å². The first kappa shape index (κ1) is 13.0. The van der Waals surface area contributed by atoms with Gasteiger partial charge in [-0.2, -0.15) is 16.9 Å². The predicted octanol–water partition coefficient (Wildman–Crippen LogP) is 2.53. The highest BCUT2D eigenvalue weighted by Crippen LogP contribution is 2.22. The highest BCUT2D eigenvalue weighted by atomic mass is 32.2. The summed E-state index contributed by atoms with van der Waals surface area (Å²) in [6.07, 6.45) is 0. The number of aromatic nitrogens is 2. The van der Waals surface area contributed by atoms with Gasteiger partial charge in [-0.1, -0.05) is 25.1 Å². The number of para-hydroxylation sites is 1. The number of aryl methyl sites for hydroxylation is 1. The first-order valence-corrected chi connectivity index (χ1v) is 6.96. The molecule has 5 heteroatoms. The lowest BCUT2D eigenvalue weighted by Crippen LogP contribution is -2.11. The van der Waals surface area contributed by atoms with Crippen LogP contribution in [-0.4, -0.2) is 26.6 Å². The molecule has 0 aliphatic rings. The Hall–Kier alpha value is -1.49. The lowest BCUT2D eigenvalue weighted by molar-refractivity contribution is -0.140. The van der Waals surface area contributed by atoms with Crippen LogP contribution < -0.4 is 0 Å². The second-order valence-corrected chi connectivity index (χ2v) is 5.37. The van der Waals surface area contributed by atoms with Gasteiger partial charge in [-0.05, 0) is 6.07 Å². The van der Waals surface area contributed by atoms with Gasteiger partial charge in [0.1, 0.15) is 0 Å². The van der Waals surface area contributed by atoms with Gasteiger partial charge in [-0.25, -0.2) is 0 Å². The molecule has 1 aromatic heterocycles. The van der Waals surface area contributed by atoms with Crippen molar-refractivity contribution in [2.24, 2.45) is 13.0 Å². The number of carboxylic acids is 1. The first-order valence-electron chi connectivity index (χ1n) is 5.80. The van der Waals surface area contributed by atoms with Gasteiger partial charge in [0, 0.05) is 23.9 Å². The number of nitrogens with zero attached hydrogens (tertiary/aromatic N) is 2. The van der Waals surface area contributed by atoms with Crippen LogP contribution in [0, 0.1) is 5.92 Å². The van der Waals surface area contributed by atoms with E-state index in [9.17, 15) is 4.79 Å². The zero-order valence-corrected chi connectivity index (χ0v) is 11.3. The normalized spacial score (nSPS) is 12.8. The van der Waals surface area contributed by atoms with Crippen LogP contribution in [0.25, 0.3) is 10.9 Å². The van der Waals surface area contributed by atoms with Gasteiger partial charge in [-0.15, -0.1) is 0 Å². The Morgan fingerprint density at radius 3 is 2.94 bits per heavy atom. The molecule has 1 N–H and O–H groups in total. The fourth-order valence-corrected chi connectivity index (χ4v) is 2.82. The molecule has 0 amide bonds. The van der Waals surface area contributed by atoms with E-state index in [4.69, 9.17) is 5.11 Å². The largest absolute Gasteiger partial charge is 0.481 e. The minimum atomic E-state index is -0.742. The fourth-order valence-electron chi connectivity index (χ4n) is 1.80. The monoisotopic (exact) mass is 264 g/mol. The summed E-state index contributed by atoms with van der Waals surface area (Å²) >= 11 is 1.61. The minimum Gasteiger partial charge on any atom is -0.481 e. The van der Waals surface area contributed by atoms with Crippen molar-refractivity contribution < 1.29 is 9.90 Å². The summed E-state index contributed by atoms with van der Waals surface area (Å²) < 4.78 is 1.87. The first-order chi connectivity index (χ1) is 8.59. The number of aliphatic carboxylic acids is 1. The Morgan fingerprint density at radius 1 is 1.50 bits per heavy atom. The molecule has 0 spiro atoms. The fraction of sp³-hybridized carbons (Fsp3) is 0.385. The summed E-state index contributed by atoms with van der Waals surface area (Å²) in [5.41, 5.74) is 2.13. The molecule has 18 heavy (non-hydrogen) atoms. The average Bonchev–Trinajstić information content (AvgIpc) is 2.67. The summed E-state index contributed by atoms with van der Waals surface area (Å²) in [6, 6.07) is 8.08. The van der Waals surface area contributed by atoms with Crippen LogP contribution in [0.4, 0.5) is 0 Å². The molecule has 0 bridgehead atoms. The van der Waals surface area contributed by atoms with Crippen LogP contribution in [0.15, 0.2) is 24.3 Å². The van der Waals surface area contributed by atoms with Crippen molar-refractivity contribution in [2.45, 2.75) is 12.7 Å². The topological polar surface area (TPSA) is 55.1 Å². The smallest absolute Gasteiger partial charge is 0.307 e. The standard InChI is InChI=1S/C13H16N2O2S/c1-9(13(16)17)7-18-8-11-10-5-3-4-6-12(10)15(2)14-11/h3-6,9H,7-8H2,1-2H3,(H,16,17). The molecule has 0 radical (unpaired) electrons. The van der Waals surface area contributed by atoms with E-state index in [2.05, 4.69) is 11.2 Å². The number of thioether (sulfide) groups is 1. The number of hydrogen-bond donors (Lipinski definition) is 1. The van der Waals surface area contributed by atoms with Crippen LogP contribution in [0.1, 0.15) is 12.6 Å². The van der Waals surface area contributed by atoms with Crippen molar-refractivity contribution >= 4 is 28.6 Å². The lowest BCUT2D eigenvalue weighted by atomic mass is 10.2. The molecule has 0 saturated heterocycles.